The fourth-order valence-corrected chi connectivity index (χ4v) is 5.75. The van der Waals surface area contributed by atoms with Gasteiger partial charge in [0.1, 0.15) is 30.5 Å². The quantitative estimate of drug-likeness (QED) is 0.279. The third kappa shape index (κ3) is 6.88. The third-order valence-corrected chi connectivity index (χ3v) is 8.52. The second kappa shape index (κ2) is 12.0. The Balaban J connectivity index is 1.16. The van der Waals surface area contributed by atoms with Crippen LogP contribution in [0.25, 0.3) is 10.9 Å². The number of ketones is 1. The lowest BCUT2D eigenvalue weighted by Gasteiger charge is -2.36. The second-order valence-corrected chi connectivity index (χ2v) is 12.3. The normalized spacial score (nSPS) is 18.3. The number of aromatic nitrogens is 1. The number of Topliss-reactive ketones (excluding diaryl/α,β-unsaturated/α-hetero) is 1. The summed E-state index contributed by atoms with van der Waals surface area (Å²) in [6.07, 6.45) is 7.94. The molecule has 3 aliphatic rings. The summed E-state index contributed by atoms with van der Waals surface area (Å²) in [5.41, 5.74) is 7.73. The minimum absolute atomic E-state index is 0.0463. The van der Waals surface area contributed by atoms with Gasteiger partial charge in [0.2, 0.25) is 5.75 Å². The summed E-state index contributed by atoms with van der Waals surface area (Å²) in [6.45, 7) is 6.56. The average Bonchev–Trinajstić information content (AvgIpc) is 3.77. The van der Waals surface area contributed by atoms with Crippen LogP contribution in [-0.4, -0.2) is 60.7 Å². The lowest BCUT2D eigenvalue weighted by Crippen LogP contribution is -2.48. The van der Waals surface area contributed by atoms with Gasteiger partial charge >= 0.3 is 0 Å². The number of fused-ring (bicyclic) bond motifs is 3. The number of benzene rings is 2. The molecule has 3 heterocycles. The summed E-state index contributed by atoms with van der Waals surface area (Å²) in [6, 6.07) is 9.15. The minimum atomic E-state index is -0.0463. The van der Waals surface area contributed by atoms with E-state index in [-0.39, 0.29) is 11.3 Å². The first-order valence-corrected chi connectivity index (χ1v) is 15.1. The molecule has 0 radical (unpaired) electrons. The molecule has 0 spiro atoms. The Morgan fingerprint density at radius 1 is 1.12 bits per heavy atom. The molecule has 9 heteroatoms. The van der Waals surface area contributed by atoms with Gasteiger partial charge in [-0.3, -0.25) is 9.78 Å². The van der Waals surface area contributed by atoms with Crippen molar-refractivity contribution >= 4 is 28.3 Å². The van der Waals surface area contributed by atoms with Crippen molar-refractivity contribution in [2.45, 2.75) is 57.4 Å². The number of halogens is 1. The number of nitrogens with two attached hydrogens (primary N) is 1. The van der Waals surface area contributed by atoms with E-state index in [1.165, 1.54) is 0 Å². The summed E-state index contributed by atoms with van der Waals surface area (Å²) in [5.74, 6) is 3.70. The first kappa shape index (κ1) is 28.1. The van der Waals surface area contributed by atoms with Gasteiger partial charge in [0.05, 0.1) is 17.5 Å². The number of rotatable bonds is 11. The van der Waals surface area contributed by atoms with E-state index in [1.807, 2.05) is 18.2 Å². The van der Waals surface area contributed by atoms with Gasteiger partial charge in [-0.15, -0.1) is 0 Å². The smallest absolute Gasteiger partial charge is 0.204 e. The first-order valence-electron chi connectivity index (χ1n) is 14.7. The maximum Gasteiger partial charge on any atom is 0.204 e. The number of carbonyl (C=O) groups is 1. The molecule has 218 valence electrons. The molecule has 2 aromatic carbocycles. The topological polar surface area (TPSA) is 96.1 Å². The van der Waals surface area contributed by atoms with E-state index >= 15 is 0 Å². The van der Waals surface area contributed by atoms with Crippen LogP contribution in [0.5, 0.6) is 28.7 Å². The molecule has 2 N–H and O–H groups in total. The zero-order valence-corrected chi connectivity index (χ0v) is 24.4. The standard InChI is InChI=1S/C32H38ClN3O5/c1-32(34)8-12-36(13-9-32)11-2-14-38-28-20-26-29(31-30(28)39-15-16-40-31)27(7-10-35-26)41-24-6-5-22(25(33)19-24)18-23(37)17-21-3-4-21/h5-7,10,19-21H,2-4,8-9,11-18,34H2,1H3. The van der Waals surface area contributed by atoms with Gasteiger partial charge in [-0.25, -0.2) is 0 Å². The first-order chi connectivity index (χ1) is 19.8. The van der Waals surface area contributed by atoms with Gasteiger partial charge in [0.25, 0.3) is 0 Å². The fraction of sp³-hybridized carbons (Fsp3) is 0.500. The van der Waals surface area contributed by atoms with Gasteiger partial charge in [0, 0.05) is 42.2 Å². The second-order valence-electron chi connectivity index (χ2n) is 11.8. The zero-order chi connectivity index (χ0) is 28.4. The van der Waals surface area contributed by atoms with Crippen LogP contribution in [0.1, 0.15) is 51.0 Å². The molecule has 2 aliphatic heterocycles. The van der Waals surface area contributed by atoms with Crippen LogP contribution in [0.4, 0.5) is 0 Å². The molecule has 0 amide bonds. The molecule has 1 saturated carbocycles. The number of pyridine rings is 1. The Bertz CT molecular complexity index is 1410. The van der Waals surface area contributed by atoms with E-state index in [0.717, 1.165) is 57.3 Å². The summed E-state index contributed by atoms with van der Waals surface area (Å²) < 4.78 is 24.6. The maximum absolute atomic E-state index is 12.3. The van der Waals surface area contributed by atoms with Crippen molar-refractivity contribution in [1.29, 1.82) is 0 Å². The Hall–Kier alpha value is -3.07. The molecular formula is C32H38ClN3O5. The van der Waals surface area contributed by atoms with E-state index < -0.39 is 0 Å². The zero-order valence-electron chi connectivity index (χ0n) is 23.6. The Kier molecular flexibility index (Phi) is 8.24. The van der Waals surface area contributed by atoms with Crippen molar-refractivity contribution in [2.24, 2.45) is 11.7 Å². The number of likely N-dealkylation sites (tertiary alicyclic amines) is 1. The molecule has 41 heavy (non-hydrogen) atoms. The number of hydrogen-bond donors (Lipinski definition) is 1. The number of hydrogen-bond acceptors (Lipinski definition) is 8. The number of nitrogens with zero attached hydrogens (tertiary/aromatic N) is 2. The molecule has 6 rings (SSSR count). The molecule has 3 aromatic rings. The Morgan fingerprint density at radius 3 is 2.66 bits per heavy atom. The van der Waals surface area contributed by atoms with Crippen LogP contribution in [0, 0.1) is 5.92 Å². The van der Waals surface area contributed by atoms with Crippen LogP contribution in [-0.2, 0) is 11.2 Å². The lowest BCUT2D eigenvalue weighted by atomic mass is 9.91. The Morgan fingerprint density at radius 2 is 1.90 bits per heavy atom. The number of ether oxygens (including phenoxy) is 4. The molecule has 0 bridgehead atoms. The fourth-order valence-electron chi connectivity index (χ4n) is 5.51. The van der Waals surface area contributed by atoms with Crippen molar-refractivity contribution < 1.29 is 23.7 Å². The highest BCUT2D eigenvalue weighted by Crippen LogP contribution is 2.48. The maximum atomic E-state index is 12.3. The van der Waals surface area contributed by atoms with Crippen molar-refractivity contribution in [3.63, 3.8) is 0 Å². The van der Waals surface area contributed by atoms with E-state index in [9.17, 15) is 4.79 Å². The third-order valence-electron chi connectivity index (χ3n) is 8.17. The number of carbonyl (C=O) groups excluding carboxylic acids is 1. The molecule has 1 aromatic heterocycles. The molecule has 0 unspecified atom stereocenters. The monoisotopic (exact) mass is 579 g/mol. The van der Waals surface area contributed by atoms with E-state index in [1.54, 1.807) is 18.3 Å². The van der Waals surface area contributed by atoms with Crippen molar-refractivity contribution in [3.8, 4) is 28.7 Å². The Labute approximate surface area is 246 Å². The van der Waals surface area contributed by atoms with Gasteiger partial charge in [0.15, 0.2) is 11.5 Å². The van der Waals surface area contributed by atoms with Crippen molar-refractivity contribution in [3.05, 3.63) is 47.1 Å². The molecular weight excluding hydrogens is 542 g/mol. The van der Waals surface area contributed by atoms with Crippen LogP contribution in [0.15, 0.2) is 36.5 Å². The van der Waals surface area contributed by atoms with Crippen LogP contribution in [0.2, 0.25) is 5.02 Å². The SMILES string of the molecule is CC1(N)CCN(CCCOc2cc3nccc(Oc4ccc(CC(=O)CC5CC5)c(Cl)c4)c3c3c2OCCO3)CC1. The van der Waals surface area contributed by atoms with E-state index in [2.05, 4.69) is 16.8 Å². The van der Waals surface area contributed by atoms with Crippen LogP contribution >= 0.6 is 11.6 Å². The predicted molar refractivity (Wildman–Crippen MR) is 159 cm³/mol. The number of piperidine rings is 1. The molecule has 8 nitrogen and oxygen atoms in total. The van der Waals surface area contributed by atoms with Gasteiger partial charge in [-0.05, 0) is 81.8 Å². The predicted octanol–water partition coefficient (Wildman–Crippen LogP) is 5.95. The highest BCUT2D eigenvalue weighted by Gasteiger charge is 2.27. The van der Waals surface area contributed by atoms with Crippen molar-refractivity contribution in [2.75, 3.05) is 39.5 Å². The van der Waals surface area contributed by atoms with Crippen LogP contribution in [0.3, 0.4) is 0 Å². The molecule has 0 atom stereocenters. The molecule has 1 aliphatic carbocycles. The van der Waals surface area contributed by atoms with Gasteiger partial charge in [-0.1, -0.05) is 17.7 Å². The minimum Gasteiger partial charge on any atom is -0.489 e. The molecule has 1 saturated heterocycles. The van der Waals surface area contributed by atoms with Crippen LogP contribution < -0.4 is 24.7 Å². The average molecular weight is 580 g/mol. The highest BCUT2D eigenvalue weighted by atomic mass is 35.5. The largest absolute Gasteiger partial charge is 0.489 e. The van der Waals surface area contributed by atoms with E-state index in [0.29, 0.717) is 83.3 Å². The van der Waals surface area contributed by atoms with Gasteiger partial charge in [-0.2, -0.15) is 0 Å². The molecule has 2 fully saturated rings. The van der Waals surface area contributed by atoms with E-state index in [4.69, 9.17) is 36.3 Å². The summed E-state index contributed by atoms with van der Waals surface area (Å²) >= 11 is 6.55. The summed E-state index contributed by atoms with van der Waals surface area (Å²) in [7, 11) is 0. The summed E-state index contributed by atoms with van der Waals surface area (Å²) in [5, 5.41) is 1.23. The lowest BCUT2D eigenvalue weighted by molar-refractivity contribution is -0.118. The van der Waals surface area contributed by atoms with Gasteiger partial charge < -0.3 is 29.6 Å². The summed E-state index contributed by atoms with van der Waals surface area (Å²) in [4.78, 5) is 19.4. The highest BCUT2D eigenvalue weighted by molar-refractivity contribution is 6.31. The van der Waals surface area contributed by atoms with Crippen molar-refractivity contribution in [1.82, 2.24) is 9.88 Å².